The zero-order valence-corrected chi connectivity index (χ0v) is 13.5. The normalized spacial score (nSPS) is 10.2. The van der Waals surface area contributed by atoms with Crippen molar-refractivity contribution in [3.05, 3.63) is 53.6 Å². The van der Waals surface area contributed by atoms with E-state index >= 15 is 0 Å². The lowest BCUT2D eigenvalue weighted by Gasteiger charge is -2.11. The highest BCUT2D eigenvalue weighted by molar-refractivity contribution is 5.80. The number of hydrogen-bond donors (Lipinski definition) is 2. The fourth-order valence-electron chi connectivity index (χ4n) is 2.34. The van der Waals surface area contributed by atoms with Crippen molar-refractivity contribution in [2.75, 3.05) is 26.5 Å². The predicted molar refractivity (Wildman–Crippen MR) is 90.8 cm³/mol. The Bertz CT molecular complexity index is 671. The summed E-state index contributed by atoms with van der Waals surface area (Å²) in [5.41, 5.74) is 8.31. The Morgan fingerprint density at radius 2 is 1.87 bits per heavy atom. The third-order valence-corrected chi connectivity index (χ3v) is 3.61. The molecular formula is C18H22N2O3. The number of carbonyl (C=O) groups excluding carboxylic acids is 1. The maximum Gasteiger partial charge on any atom is 0.224 e. The van der Waals surface area contributed by atoms with Gasteiger partial charge in [0.25, 0.3) is 0 Å². The molecule has 0 heterocycles. The maximum absolute atomic E-state index is 12.0. The summed E-state index contributed by atoms with van der Waals surface area (Å²) in [6.45, 7) is 0.523. The first kappa shape index (κ1) is 16.7. The second-order valence-corrected chi connectivity index (χ2v) is 5.15. The molecule has 0 unspecified atom stereocenters. The molecule has 2 aromatic rings. The van der Waals surface area contributed by atoms with Crippen molar-refractivity contribution in [2.45, 2.75) is 12.8 Å². The van der Waals surface area contributed by atoms with E-state index in [-0.39, 0.29) is 12.3 Å². The lowest BCUT2D eigenvalue weighted by molar-refractivity contribution is -0.120. The average Bonchev–Trinajstić information content (AvgIpc) is 2.57. The Morgan fingerprint density at radius 3 is 2.57 bits per heavy atom. The van der Waals surface area contributed by atoms with Crippen molar-refractivity contribution in [2.24, 2.45) is 0 Å². The summed E-state index contributed by atoms with van der Waals surface area (Å²) in [7, 11) is 3.25. The molecule has 2 aromatic carbocycles. The second-order valence-electron chi connectivity index (χ2n) is 5.15. The number of hydrogen-bond acceptors (Lipinski definition) is 4. The fourth-order valence-corrected chi connectivity index (χ4v) is 2.34. The minimum absolute atomic E-state index is 0.0511. The summed E-state index contributed by atoms with van der Waals surface area (Å²) in [6.07, 6.45) is 0.943. The van der Waals surface area contributed by atoms with Crippen LogP contribution in [0.3, 0.4) is 0 Å². The SMILES string of the molecule is COc1ccc(OC)c(CCNC(=O)Cc2ccccc2N)c1. The molecule has 0 bridgehead atoms. The lowest BCUT2D eigenvalue weighted by Crippen LogP contribution is -2.27. The van der Waals surface area contributed by atoms with Crippen LogP contribution in [0.2, 0.25) is 0 Å². The molecule has 0 aliphatic rings. The van der Waals surface area contributed by atoms with Crippen molar-refractivity contribution in [3.63, 3.8) is 0 Å². The van der Waals surface area contributed by atoms with E-state index in [2.05, 4.69) is 5.32 Å². The first-order chi connectivity index (χ1) is 11.1. The van der Waals surface area contributed by atoms with Crippen molar-refractivity contribution in [3.8, 4) is 11.5 Å². The van der Waals surface area contributed by atoms with E-state index in [1.54, 1.807) is 20.3 Å². The number of methoxy groups -OCH3 is 2. The average molecular weight is 314 g/mol. The van der Waals surface area contributed by atoms with Gasteiger partial charge in [0.05, 0.1) is 20.6 Å². The van der Waals surface area contributed by atoms with Gasteiger partial charge >= 0.3 is 0 Å². The molecule has 2 rings (SSSR count). The van der Waals surface area contributed by atoms with Crippen LogP contribution in [-0.2, 0) is 17.6 Å². The number of rotatable bonds is 7. The minimum Gasteiger partial charge on any atom is -0.497 e. The molecule has 0 saturated heterocycles. The highest BCUT2D eigenvalue weighted by Crippen LogP contribution is 2.24. The van der Waals surface area contributed by atoms with Crippen LogP contribution < -0.4 is 20.5 Å². The number of ether oxygens (including phenoxy) is 2. The maximum atomic E-state index is 12.0. The molecule has 122 valence electrons. The standard InChI is InChI=1S/C18H22N2O3/c1-22-15-7-8-17(23-2)14(11-15)9-10-20-18(21)12-13-5-3-4-6-16(13)19/h3-8,11H,9-10,12,19H2,1-2H3,(H,20,21). The molecule has 3 N–H and O–H groups in total. The van der Waals surface area contributed by atoms with Gasteiger partial charge in [0.1, 0.15) is 11.5 Å². The summed E-state index contributed by atoms with van der Waals surface area (Å²) >= 11 is 0. The Kier molecular flexibility index (Phi) is 5.86. The van der Waals surface area contributed by atoms with E-state index in [1.807, 2.05) is 36.4 Å². The number of nitrogen functional groups attached to an aromatic ring is 1. The monoisotopic (exact) mass is 314 g/mol. The van der Waals surface area contributed by atoms with E-state index in [4.69, 9.17) is 15.2 Å². The van der Waals surface area contributed by atoms with Crippen molar-refractivity contribution < 1.29 is 14.3 Å². The molecule has 0 fully saturated rings. The van der Waals surface area contributed by atoms with Gasteiger partial charge in [-0.25, -0.2) is 0 Å². The fraction of sp³-hybridized carbons (Fsp3) is 0.278. The van der Waals surface area contributed by atoms with Crippen LogP contribution in [0.1, 0.15) is 11.1 Å². The first-order valence-corrected chi connectivity index (χ1v) is 7.45. The quantitative estimate of drug-likeness (QED) is 0.768. The molecule has 23 heavy (non-hydrogen) atoms. The van der Waals surface area contributed by atoms with E-state index < -0.39 is 0 Å². The van der Waals surface area contributed by atoms with Gasteiger partial charge in [-0.1, -0.05) is 18.2 Å². The topological polar surface area (TPSA) is 73.6 Å². The smallest absolute Gasteiger partial charge is 0.224 e. The van der Waals surface area contributed by atoms with Crippen LogP contribution >= 0.6 is 0 Å². The number of anilines is 1. The Balaban J connectivity index is 1.89. The van der Waals surface area contributed by atoms with Gasteiger partial charge < -0.3 is 20.5 Å². The van der Waals surface area contributed by atoms with Crippen LogP contribution in [0.15, 0.2) is 42.5 Å². The lowest BCUT2D eigenvalue weighted by atomic mass is 10.1. The van der Waals surface area contributed by atoms with Gasteiger partial charge in [-0.3, -0.25) is 4.79 Å². The summed E-state index contributed by atoms with van der Waals surface area (Å²) in [6, 6.07) is 13.0. The molecule has 0 aliphatic carbocycles. The summed E-state index contributed by atoms with van der Waals surface area (Å²) in [5.74, 6) is 1.50. The number of amides is 1. The van der Waals surface area contributed by atoms with E-state index in [1.165, 1.54) is 0 Å². The number of carbonyl (C=O) groups is 1. The Labute approximate surface area is 136 Å². The highest BCUT2D eigenvalue weighted by Gasteiger charge is 2.08. The second kappa shape index (κ2) is 8.08. The molecule has 5 heteroatoms. The molecule has 0 spiro atoms. The van der Waals surface area contributed by atoms with Gasteiger partial charge in [0, 0.05) is 12.2 Å². The highest BCUT2D eigenvalue weighted by atomic mass is 16.5. The summed E-state index contributed by atoms with van der Waals surface area (Å²) in [5, 5.41) is 2.90. The number of para-hydroxylation sites is 1. The minimum atomic E-state index is -0.0511. The molecule has 0 atom stereocenters. The number of nitrogens with two attached hydrogens (primary N) is 1. The van der Waals surface area contributed by atoms with Gasteiger partial charge in [-0.2, -0.15) is 0 Å². The zero-order valence-electron chi connectivity index (χ0n) is 13.5. The van der Waals surface area contributed by atoms with E-state index in [0.29, 0.717) is 18.7 Å². The molecule has 0 aliphatic heterocycles. The predicted octanol–water partition coefficient (Wildman–Crippen LogP) is 2.19. The molecule has 0 radical (unpaired) electrons. The first-order valence-electron chi connectivity index (χ1n) is 7.45. The largest absolute Gasteiger partial charge is 0.497 e. The Morgan fingerprint density at radius 1 is 1.09 bits per heavy atom. The molecule has 5 nitrogen and oxygen atoms in total. The third-order valence-electron chi connectivity index (χ3n) is 3.61. The Hall–Kier alpha value is -2.69. The molecule has 0 aromatic heterocycles. The van der Waals surface area contributed by atoms with Crippen molar-refractivity contribution >= 4 is 11.6 Å². The molecule has 1 amide bonds. The molecular weight excluding hydrogens is 292 g/mol. The summed E-state index contributed by atoms with van der Waals surface area (Å²) in [4.78, 5) is 12.0. The van der Waals surface area contributed by atoms with Crippen LogP contribution in [-0.4, -0.2) is 26.7 Å². The van der Waals surface area contributed by atoms with Gasteiger partial charge in [-0.15, -0.1) is 0 Å². The van der Waals surface area contributed by atoms with Crippen LogP contribution in [0.5, 0.6) is 11.5 Å². The van der Waals surface area contributed by atoms with E-state index in [0.717, 1.165) is 22.6 Å². The third kappa shape index (κ3) is 4.64. The van der Waals surface area contributed by atoms with Gasteiger partial charge in [-0.05, 0) is 41.8 Å². The zero-order chi connectivity index (χ0) is 16.7. The summed E-state index contributed by atoms with van der Waals surface area (Å²) < 4.78 is 10.5. The van der Waals surface area contributed by atoms with Crippen LogP contribution in [0.25, 0.3) is 0 Å². The number of benzene rings is 2. The number of nitrogens with one attached hydrogen (secondary N) is 1. The van der Waals surface area contributed by atoms with Crippen LogP contribution in [0, 0.1) is 0 Å². The van der Waals surface area contributed by atoms with Gasteiger partial charge in [0.2, 0.25) is 5.91 Å². The molecule has 0 saturated carbocycles. The van der Waals surface area contributed by atoms with Gasteiger partial charge in [0.15, 0.2) is 0 Å². The van der Waals surface area contributed by atoms with E-state index in [9.17, 15) is 4.79 Å². The van der Waals surface area contributed by atoms with Crippen molar-refractivity contribution in [1.82, 2.24) is 5.32 Å². The van der Waals surface area contributed by atoms with Crippen LogP contribution in [0.4, 0.5) is 5.69 Å². The van der Waals surface area contributed by atoms with Crippen molar-refractivity contribution in [1.29, 1.82) is 0 Å².